The number of H-pyrrole nitrogens is 1. The van der Waals surface area contributed by atoms with Gasteiger partial charge in [0.2, 0.25) is 5.91 Å². The second-order valence-corrected chi connectivity index (χ2v) is 5.18. The quantitative estimate of drug-likeness (QED) is 0.633. The first-order chi connectivity index (χ1) is 11.3. The van der Waals surface area contributed by atoms with E-state index in [0.717, 1.165) is 22.2 Å². The molecule has 0 aliphatic rings. The molecule has 2 heterocycles. The van der Waals surface area contributed by atoms with Gasteiger partial charge in [0.05, 0.1) is 6.04 Å². The summed E-state index contributed by atoms with van der Waals surface area (Å²) in [5.41, 5.74) is 8.49. The molecule has 5 heteroatoms. The van der Waals surface area contributed by atoms with E-state index >= 15 is 0 Å². The lowest BCUT2D eigenvalue weighted by atomic mass is 10.1. The fourth-order valence-corrected chi connectivity index (χ4v) is 2.46. The zero-order chi connectivity index (χ0) is 16.1. The van der Waals surface area contributed by atoms with E-state index in [1.165, 1.54) is 6.08 Å². The molecule has 0 aliphatic carbocycles. The van der Waals surface area contributed by atoms with Crippen molar-refractivity contribution in [2.75, 3.05) is 6.54 Å². The number of aromatic nitrogens is 2. The number of aromatic amines is 1. The molecule has 2 aromatic heterocycles. The van der Waals surface area contributed by atoms with E-state index in [-0.39, 0.29) is 11.9 Å². The van der Waals surface area contributed by atoms with Crippen LogP contribution in [0.2, 0.25) is 0 Å². The van der Waals surface area contributed by atoms with E-state index in [0.29, 0.717) is 6.54 Å². The summed E-state index contributed by atoms with van der Waals surface area (Å²) in [5, 5.41) is 3.90. The van der Waals surface area contributed by atoms with Gasteiger partial charge >= 0.3 is 0 Å². The Balaban J connectivity index is 1.71. The highest BCUT2D eigenvalue weighted by atomic mass is 16.1. The van der Waals surface area contributed by atoms with Crippen LogP contribution >= 0.6 is 0 Å². The van der Waals surface area contributed by atoms with Gasteiger partial charge in [0.1, 0.15) is 5.65 Å². The molecule has 0 saturated heterocycles. The van der Waals surface area contributed by atoms with Gasteiger partial charge in [-0.3, -0.25) is 4.79 Å². The number of nitrogens with zero attached hydrogens (tertiary/aromatic N) is 1. The number of fused-ring (bicyclic) bond motifs is 1. The Bertz CT molecular complexity index is 823. The summed E-state index contributed by atoms with van der Waals surface area (Å²) in [6, 6.07) is 13.3. The van der Waals surface area contributed by atoms with Gasteiger partial charge < -0.3 is 16.0 Å². The molecule has 0 fully saturated rings. The van der Waals surface area contributed by atoms with Crippen molar-refractivity contribution in [3.8, 4) is 0 Å². The number of nitrogens with two attached hydrogens (primary N) is 1. The summed E-state index contributed by atoms with van der Waals surface area (Å²) in [4.78, 5) is 19.4. The summed E-state index contributed by atoms with van der Waals surface area (Å²) in [6.07, 6.45) is 6.85. The van der Waals surface area contributed by atoms with Crippen molar-refractivity contribution in [1.82, 2.24) is 15.3 Å². The molecular weight excluding hydrogens is 288 g/mol. The van der Waals surface area contributed by atoms with E-state index in [2.05, 4.69) is 15.3 Å². The Morgan fingerprint density at radius 1 is 1.26 bits per heavy atom. The van der Waals surface area contributed by atoms with Crippen LogP contribution in [0.4, 0.5) is 0 Å². The Morgan fingerprint density at radius 3 is 2.87 bits per heavy atom. The van der Waals surface area contributed by atoms with Gasteiger partial charge in [-0.2, -0.15) is 0 Å². The predicted octanol–water partition coefficient (Wildman–Crippen LogP) is 2.39. The number of hydrogen-bond acceptors (Lipinski definition) is 3. The molecular formula is C18H18N4O. The van der Waals surface area contributed by atoms with Crippen LogP contribution in [-0.4, -0.2) is 22.4 Å². The molecule has 1 amide bonds. The molecule has 3 rings (SSSR count). The average molecular weight is 306 g/mol. The van der Waals surface area contributed by atoms with Gasteiger partial charge in [-0.15, -0.1) is 0 Å². The van der Waals surface area contributed by atoms with Gasteiger partial charge in [-0.1, -0.05) is 30.3 Å². The van der Waals surface area contributed by atoms with Crippen molar-refractivity contribution in [3.63, 3.8) is 0 Å². The third-order valence-electron chi connectivity index (χ3n) is 3.65. The molecule has 1 unspecified atom stereocenters. The summed E-state index contributed by atoms with van der Waals surface area (Å²) >= 11 is 0. The molecule has 116 valence electrons. The molecule has 5 nitrogen and oxygen atoms in total. The number of carbonyl (C=O) groups is 1. The van der Waals surface area contributed by atoms with Gasteiger partial charge in [0, 0.05) is 36.0 Å². The van der Waals surface area contributed by atoms with E-state index in [1.54, 1.807) is 12.3 Å². The average Bonchev–Trinajstić information content (AvgIpc) is 3.02. The number of amides is 1. The number of carbonyl (C=O) groups excluding carboxylic acids is 1. The minimum atomic E-state index is -0.196. The Morgan fingerprint density at radius 2 is 2.09 bits per heavy atom. The maximum Gasteiger partial charge on any atom is 0.244 e. The molecule has 0 spiro atoms. The predicted molar refractivity (Wildman–Crippen MR) is 91.5 cm³/mol. The number of nitrogens with one attached hydrogen (secondary N) is 2. The fraction of sp³-hybridized carbons (Fsp3) is 0.111. The lowest BCUT2D eigenvalue weighted by molar-refractivity contribution is -0.117. The maximum atomic E-state index is 12.1. The summed E-state index contributed by atoms with van der Waals surface area (Å²) < 4.78 is 0. The first kappa shape index (κ1) is 15.0. The molecule has 0 aliphatic heterocycles. The zero-order valence-electron chi connectivity index (χ0n) is 12.6. The van der Waals surface area contributed by atoms with Crippen LogP contribution in [0, 0.1) is 0 Å². The molecule has 3 aromatic rings. The Labute approximate surface area is 134 Å². The zero-order valence-corrected chi connectivity index (χ0v) is 12.6. The number of benzene rings is 1. The maximum absolute atomic E-state index is 12.1. The van der Waals surface area contributed by atoms with Crippen LogP contribution < -0.4 is 11.1 Å². The van der Waals surface area contributed by atoms with Crippen molar-refractivity contribution in [2.24, 2.45) is 5.73 Å². The lowest BCUT2D eigenvalue weighted by Gasteiger charge is -2.15. The molecule has 0 saturated carbocycles. The van der Waals surface area contributed by atoms with Crippen LogP contribution in [0.15, 0.2) is 60.9 Å². The summed E-state index contributed by atoms with van der Waals surface area (Å²) in [6.45, 7) is 0.348. The molecule has 1 atom stereocenters. The third kappa shape index (κ3) is 3.46. The standard InChI is InChI=1S/C18H18N4O/c19-11-16(13-5-2-1-3-6-13)22-17(23)9-8-14-12-21-18-15(14)7-4-10-20-18/h1-10,12,16H,11,19H2,(H,20,21)(H,22,23)/b9-8+. The number of rotatable bonds is 5. The summed E-state index contributed by atoms with van der Waals surface area (Å²) in [5.74, 6) is -0.178. The first-order valence-electron chi connectivity index (χ1n) is 7.43. The monoisotopic (exact) mass is 306 g/mol. The van der Waals surface area contributed by atoms with Crippen LogP contribution in [-0.2, 0) is 4.79 Å². The minimum absolute atomic E-state index is 0.178. The number of pyridine rings is 1. The van der Waals surface area contributed by atoms with Crippen LogP contribution in [0.1, 0.15) is 17.2 Å². The lowest BCUT2D eigenvalue weighted by Crippen LogP contribution is -2.32. The van der Waals surface area contributed by atoms with E-state index in [4.69, 9.17) is 5.73 Å². The number of hydrogen-bond donors (Lipinski definition) is 3. The van der Waals surface area contributed by atoms with Crippen molar-refractivity contribution in [2.45, 2.75) is 6.04 Å². The van der Waals surface area contributed by atoms with Crippen molar-refractivity contribution >= 4 is 23.0 Å². The van der Waals surface area contributed by atoms with E-state index in [9.17, 15) is 4.79 Å². The SMILES string of the molecule is NCC(NC(=O)/C=C/c1c[nH]c2ncccc12)c1ccccc1. The molecule has 23 heavy (non-hydrogen) atoms. The molecule has 0 radical (unpaired) electrons. The van der Waals surface area contributed by atoms with Crippen LogP contribution in [0.25, 0.3) is 17.1 Å². The van der Waals surface area contributed by atoms with Gasteiger partial charge in [0.25, 0.3) is 0 Å². The van der Waals surface area contributed by atoms with E-state index < -0.39 is 0 Å². The van der Waals surface area contributed by atoms with Crippen molar-refractivity contribution in [3.05, 3.63) is 72.1 Å². The second kappa shape index (κ2) is 6.89. The van der Waals surface area contributed by atoms with E-state index in [1.807, 2.05) is 48.7 Å². The Hall–Kier alpha value is -2.92. The van der Waals surface area contributed by atoms with Crippen LogP contribution in [0.5, 0.6) is 0 Å². The molecule has 4 N–H and O–H groups in total. The van der Waals surface area contributed by atoms with Crippen molar-refractivity contribution < 1.29 is 4.79 Å². The normalized spacial score (nSPS) is 12.6. The van der Waals surface area contributed by atoms with Gasteiger partial charge in [-0.05, 0) is 23.8 Å². The van der Waals surface area contributed by atoms with Crippen LogP contribution in [0.3, 0.4) is 0 Å². The highest BCUT2D eigenvalue weighted by Gasteiger charge is 2.10. The second-order valence-electron chi connectivity index (χ2n) is 5.18. The molecule has 1 aromatic carbocycles. The summed E-state index contributed by atoms with van der Waals surface area (Å²) in [7, 11) is 0. The first-order valence-corrected chi connectivity index (χ1v) is 7.43. The third-order valence-corrected chi connectivity index (χ3v) is 3.65. The van der Waals surface area contributed by atoms with Crippen molar-refractivity contribution in [1.29, 1.82) is 0 Å². The highest BCUT2D eigenvalue weighted by Crippen LogP contribution is 2.17. The van der Waals surface area contributed by atoms with Gasteiger partial charge in [0.15, 0.2) is 0 Å². The minimum Gasteiger partial charge on any atom is -0.346 e. The smallest absolute Gasteiger partial charge is 0.244 e. The topological polar surface area (TPSA) is 83.8 Å². The largest absolute Gasteiger partial charge is 0.346 e. The Kier molecular flexibility index (Phi) is 4.49. The molecule has 0 bridgehead atoms. The highest BCUT2D eigenvalue weighted by molar-refractivity contribution is 5.95. The van der Waals surface area contributed by atoms with Gasteiger partial charge in [-0.25, -0.2) is 4.98 Å². The fourth-order valence-electron chi connectivity index (χ4n) is 2.46.